The zero-order chi connectivity index (χ0) is 15.1. The highest BCUT2D eigenvalue weighted by molar-refractivity contribution is 5.90. The highest BCUT2D eigenvalue weighted by atomic mass is 16.5. The second kappa shape index (κ2) is 7.23. The van der Waals surface area contributed by atoms with Gasteiger partial charge in [0, 0.05) is 25.5 Å². The fourth-order valence-electron chi connectivity index (χ4n) is 1.83. The molecule has 0 fully saturated rings. The number of para-hydroxylation sites is 1. The first-order valence-electron chi connectivity index (χ1n) is 6.75. The van der Waals surface area contributed by atoms with E-state index in [0.29, 0.717) is 18.8 Å². The van der Waals surface area contributed by atoms with Gasteiger partial charge >= 0.3 is 5.97 Å². The van der Waals surface area contributed by atoms with Crippen molar-refractivity contribution in [2.24, 2.45) is 0 Å². The van der Waals surface area contributed by atoms with E-state index in [4.69, 9.17) is 4.74 Å². The summed E-state index contributed by atoms with van der Waals surface area (Å²) < 4.78 is 5.18. The maximum atomic E-state index is 12.1. The second-order valence-corrected chi connectivity index (χ2v) is 4.36. The summed E-state index contributed by atoms with van der Waals surface area (Å²) in [5.74, 6) is 0.179. The lowest BCUT2D eigenvalue weighted by molar-refractivity contribution is -0.134. The van der Waals surface area contributed by atoms with Crippen molar-refractivity contribution in [3.63, 3.8) is 0 Å². The van der Waals surface area contributed by atoms with E-state index in [0.717, 1.165) is 0 Å². The van der Waals surface area contributed by atoms with Gasteiger partial charge < -0.3 is 14.6 Å². The SMILES string of the molecule is CCN(CCC(=O)Oc1ccccc1)C(=O)c1ncc[nH]1. The van der Waals surface area contributed by atoms with E-state index >= 15 is 0 Å². The molecule has 110 valence electrons. The first-order chi connectivity index (χ1) is 10.2. The van der Waals surface area contributed by atoms with Crippen LogP contribution in [0.2, 0.25) is 0 Å². The van der Waals surface area contributed by atoms with Crippen molar-refractivity contribution in [3.8, 4) is 5.75 Å². The van der Waals surface area contributed by atoms with E-state index in [2.05, 4.69) is 9.97 Å². The predicted molar refractivity (Wildman–Crippen MR) is 76.9 cm³/mol. The largest absolute Gasteiger partial charge is 0.426 e. The molecule has 0 unspecified atom stereocenters. The summed E-state index contributed by atoms with van der Waals surface area (Å²) in [7, 11) is 0. The zero-order valence-electron chi connectivity index (χ0n) is 11.8. The number of H-pyrrole nitrogens is 1. The van der Waals surface area contributed by atoms with E-state index in [1.165, 1.54) is 6.20 Å². The third kappa shape index (κ3) is 4.17. The smallest absolute Gasteiger partial charge is 0.312 e. The molecule has 1 N–H and O–H groups in total. The van der Waals surface area contributed by atoms with Crippen molar-refractivity contribution in [2.45, 2.75) is 13.3 Å². The third-order valence-electron chi connectivity index (χ3n) is 2.93. The van der Waals surface area contributed by atoms with Gasteiger partial charge in [-0.3, -0.25) is 9.59 Å². The fourth-order valence-corrected chi connectivity index (χ4v) is 1.83. The van der Waals surface area contributed by atoms with Crippen molar-refractivity contribution in [1.82, 2.24) is 14.9 Å². The van der Waals surface area contributed by atoms with Gasteiger partial charge in [-0.15, -0.1) is 0 Å². The van der Waals surface area contributed by atoms with Gasteiger partial charge in [0.1, 0.15) is 5.75 Å². The lowest BCUT2D eigenvalue weighted by atomic mass is 10.3. The molecule has 0 atom stereocenters. The Bertz CT molecular complexity index is 581. The van der Waals surface area contributed by atoms with Gasteiger partial charge in [0.2, 0.25) is 0 Å². The van der Waals surface area contributed by atoms with Crippen LogP contribution >= 0.6 is 0 Å². The molecule has 0 aliphatic rings. The Morgan fingerprint density at radius 1 is 1.29 bits per heavy atom. The van der Waals surface area contributed by atoms with Crippen LogP contribution in [0.15, 0.2) is 42.7 Å². The molecule has 0 saturated heterocycles. The zero-order valence-corrected chi connectivity index (χ0v) is 11.8. The molecule has 2 rings (SSSR count). The van der Waals surface area contributed by atoms with Crippen molar-refractivity contribution < 1.29 is 14.3 Å². The molecule has 1 amide bonds. The molecule has 0 radical (unpaired) electrons. The Labute approximate surface area is 122 Å². The van der Waals surface area contributed by atoms with E-state index in [9.17, 15) is 9.59 Å². The van der Waals surface area contributed by atoms with Crippen molar-refractivity contribution in [3.05, 3.63) is 48.5 Å². The van der Waals surface area contributed by atoms with Gasteiger partial charge in [-0.25, -0.2) is 4.98 Å². The number of ether oxygens (including phenoxy) is 1. The Morgan fingerprint density at radius 2 is 2.05 bits per heavy atom. The van der Waals surface area contributed by atoms with Crippen LogP contribution in [0.5, 0.6) is 5.75 Å². The molecule has 0 spiro atoms. The first-order valence-corrected chi connectivity index (χ1v) is 6.75. The summed E-state index contributed by atoms with van der Waals surface area (Å²) in [6, 6.07) is 8.86. The maximum absolute atomic E-state index is 12.1. The molecular formula is C15H17N3O3. The number of aromatic nitrogens is 2. The molecule has 0 saturated carbocycles. The minimum absolute atomic E-state index is 0.134. The van der Waals surface area contributed by atoms with Crippen LogP contribution in [0, 0.1) is 0 Å². The number of esters is 1. The third-order valence-corrected chi connectivity index (χ3v) is 2.93. The minimum Gasteiger partial charge on any atom is -0.426 e. The molecule has 0 bridgehead atoms. The predicted octanol–water partition coefficient (Wildman–Crippen LogP) is 1.87. The van der Waals surface area contributed by atoms with Crippen LogP contribution in [-0.4, -0.2) is 39.8 Å². The molecule has 0 aliphatic heterocycles. The van der Waals surface area contributed by atoms with Crippen molar-refractivity contribution in [1.29, 1.82) is 0 Å². The molecule has 2 aromatic rings. The number of imidazole rings is 1. The Hall–Kier alpha value is -2.63. The Kier molecular flexibility index (Phi) is 5.09. The van der Waals surface area contributed by atoms with Gasteiger partial charge in [0.15, 0.2) is 5.82 Å². The Balaban J connectivity index is 1.85. The van der Waals surface area contributed by atoms with Gasteiger partial charge in [0.25, 0.3) is 5.91 Å². The van der Waals surface area contributed by atoms with Crippen LogP contribution in [0.3, 0.4) is 0 Å². The topological polar surface area (TPSA) is 75.3 Å². The normalized spacial score (nSPS) is 10.1. The standard InChI is InChI=1S/C15H17N3O3/c1-2-18(15(20)14-16-9-10-17-14)11-8-13(19)21-12-6-4-3-5-7-12/h3-7,9-10H,2,8,11H2,1H3,(H,16,17). The van der Waals surface area contributed by atoms with Gasteiger partial charge in [-0.1, -0.05) is 18.2 Å². The summed E-state index contributed by atoms with van der Waals surface area (Å²) in [4.78, 5) is 32.1. The van der Waals surface area contributed by atoms with Crippen LogP contribution in [-0.2, 0) is 4.79 Å². The van der Waals surface area contributed by atoms with Gasteiger partial charge in [-0.2, -0.15) is 0 Å². The summed E-state index contributed by atoms with van der Waals surface area (Å²) in [5, 5.41) is 0. The van der Waals surface area contributed by atoms with Crippen LogP contribution < -0.4 is 4.74 Å². The maximum Gasteiger partial charge on any atom is 0.312 e. The van der Waals surface area contributed by atoms with E-state index < -0.39 is 0 Å². The number of benzene rings is 1. The number of rotatable bonds is 6. The van der Waals surface area contributed by atoms with E-state index in [1.54, 1.807) is 35.4 Å². The molecule has 6 heteroatoms. The number of amides is 1. The van der Waals surface area contributed by atoms with Gasteiger partial charge in [-0.05, 0) is 19.1 Å². The molecule has 6 nitrogen and oxygen atoms in total. The minimum atomic E-state index is -0.369. The monoisotopic (exact) mass is 287 g/mol. The quantitative estimate of drug-likeness (QED) is 0.650. The summed E-state index contributed by atoms with van der Waals surface area (Å²) >= 11 is 0. The molecule has 21 heavy (non-hydrogen) atoms. The lowest BCUT2D eigenvalue weighted by Gasteiger charge is -2.19. The lowest BCUT2D eigenvalue weighted by Crippen LogP contribution is -2.34. The number of carbonyl (C=O) groups is 2. The fraction of sp³-hybridized carbons (Fsp3) is 0.267. The van der Waals surface area contributed by atoms with Crippen molar-refractivity contribution >= 4 is 11.9 Å². The number of nitrogens with zero attached hydrogens (tertiary/aromatic N) is 2. The molecule has 1 aromatic carbocycles. The average molecular weight is 287 g/mol. The summed E-state index contributed by atoms with van der Waals surface area (Å²) in [5.41, 5.74) is 0. The number of hydrogen-bond acceptors (Lipinski definition) is 4. The van der Waals surface area contributed by atoms with E-state index in [1.807, 2.05) is 13.0 Å². The second-order valence-electron chi connectivity index (χ2n) is 4.36. The summed E-state index contributed by atoms with van der Waals surface area (Å²) in [6.07, 6.45) is 3.24. The van der Waals surface area contributed by atoms with Crippen molar-refractivity contribution in [2.75, 3.05) is 13.1 Å². The number of carbonyl (C=O) groups excluding carboxylic acids is 2. The number of nitrogens with one attached hydrogen (secondary N) is 1. The van der Waals surface area contributed by atoms with E-state index in [-0.39, 0.29) is 24.1 Å². The molecule has 1 aromatic heterocycles. The summed E-state index contributed by atoms with van der Waals surface area (Å²) in [6.45, 7) is 2.64. The highest BCUT2D eigenvalue weighted by Gasteiger charge is 2.17. The van der Waals surface area contributed by atoms with Crippen LogP contribution in [0.4, 0.5) is 0 Å². The van der Waals surface area contributed by atoms with Crippen LogP contribution in [0.25, 0.3) is 0 Å². The van der Waals surface area contributed by atoms with Gasteiger partial charge in [0.05, 0.1) is 6.42 Å². The first kappa shape index (κ1) is 14.8. The number of aromatic amines is 1. The Morgan fingerprint density at radius 3 is 2.67 bits per heavy atom. The number of hydrogen-bond donors (Lipinski definition) is 1. The molecule has 0 aliphatic carbocycles. The average Bonchev–Trinajstić information content (AvgIpc) is 3.03. The highest BCUT2D eigenvalue weighted by Crippen LogP contribution is 2.09. The molecule has 1 heterocycles. The van der Waals surface area contributed by atoms with Crippen LogP contribution in [0.1, 0.15) is 24.0 Å². The molecular weight excluding hydrogens is 270 g/mol.